The first-order valence-electron chi connectivity index (χ1n) is 9.43. The molecule has 2 heterocycles. The fraction of sp³-hybridized carbons (Fsp3) is 0.227. The van der Waals surface area contributed by atoms with Gasteiger partial charge in [0.25, 0.3) is 11.8 Å². The number of carbonyl (C=O) groups is 2. The van der Waals surface area contributed by atoms with E-state index in [1.165, 1.54) is 0 Å². The minimum absolute atomic E-state index is 0.00378. The van der Waals surface area contributed by atoms with Crippen molar-refractivity contribution in [2.45, 2.75) is 19.3 Å². The van der Waals surface area contributed by atoms with E-state index in [2.05, 4.69) is 20.6 Å². The monoisotopic (exact) mass is 390 g/mol. The Hall–Kier alpha value is -3.61. The summed E-state index contributed by atoms with van der Waals surface area (Å²) in [4.78, 5) is 32.5. The van der Waals surface area contributed by atoms with Gasteiger partial charge in [-0.25, -0.2) is 4.98 Å². The Morgan fingerprint density at radius 2 is 1.93 bits per heavy atom. The van der Waals surface area contributed by atoms with Crippen LogP contribution >= 0.6 is 0 Å². The number of nitrogens with zero attached hydrogens (tertiary/aromatic N) is 1. The number of aryl methyl sites for hydroxylation is 1. The molecule has 7 heteroatoms. The van der Waals surface area contributed by atoms with Crippen molar-refractivity contribution in [3.8, 4) is 5.75 Å². The second kappa shape index (κ2) is 7.79. The number of anilines is 1. The van der Waals surface area contributed by atoms with Crippen molar-refractivity contribution in [3.05, 3.63) is 76.9 Å². The Kier molecular flexibility index (Phi) is 5.03. The van der Waals surface area contributed by atoms with Crippen LogP contribution in [0.4, 0.5) is 5.69 Å². The number of rotatable bonds is 4. The number of imidazole rings is 1. The predicted octanol–water partition coefficient (Wildman–Crippen LogP) is 3.05. The van der Waals surface area contributed by atoms with Crippen LogP contribution in [0.2, 0.25) is 0 Å². The number of methoxy groups -OCH3 is 1. The third-order valence-corrected chi connectivity index (χ3v) is 5.14. The number of H-pyrrole nitrogens is 1. The molecule has 3 aromatic rings. The van der Waals surface area contributed by atoms with E-state index < -0.39 is 0 Å². The maximum atomic E-state index is 12.7. The van der Waals surface area contributed by atoms with E-state index in [0.29, 0.717) is 24.3 Å². The lowest BCUT2D eigenvalue weighted by Gasteiger charge is -2.17. The lowest BCUT2D eigenvalue weighted by Crippen LogP contribution is -2.27. The number of amides is 2. The summed E-state index contributed by atoms with van der Waals surface area (Å²) in [7, 11) is 1.63. The van der Waals surface area contributed by atoms with Gasteiger partial charge in [0.2, 0.25) is 0 Å². The zero-order valence-electron chi connectivity index (χ0n) is 16.3. The molecule has 3 N–H and O–H groups in total. The fourth-order valence-electron chi connectivity index (χ4n) is 3.59. The molecule has 1 aliphatic rings. The Morgan fingerprint density at radius 3 is 2.72 bits per heavy atom. The summed E-state index contributed by atoms with van der Waals surface area (Å²) < 4.78 is 5.47. The van der Waals surface area contributed by atoms with Gasteiger partial charge in [-0.3, -0.25) is 9.59 Å². The van der Waals surface area contributed by atoms with Gasteiger partial charge < -0.3 is 20.4 Å². The molecule has 0 fully saturated rings. The van der Waals surface area contributed by atoms with E-state index in [4.69, 9.17) is 4.74 Å². The molecule has 0 saturated carbocycles. The molecule has 0 radical (unpaired) electrons. The van der Waals surface area contributed by atoms with Gasteiger partial charge in [-0.1, -0.05) is 36.4 Å². The van der Waals surface area contributed by atoms with E-state index in [1.54, 1.807) is 7.11 Å². The normalized spacial score (nSPS) is 15.8. The molecule has 2 amide bonds. The number of fused-ring (bicyclic) bond motifs is 1. The Balaban J connectivity index is 1.62. The average molecular weight is 390 g/mol. The van der Waals surface area contributed by atoms with Crippen LogP contribution in [0.1, 0.15) is 43.8 Å². The van der Waals surface area contributed by atoms with Crippen molar-refractivity contribution in [1.29, 1.82) is 0 Å². The van der Waals surface area contributed by atoms with Crippen LogP contribution in [0, 0.1) is 6.92 Å². The smallest absolute Gasteiger partial charge is 0.291 e. The largest absolute Gasteiger partial charge is 0.496 e. The van der Waals surface area contributed by atoms with Crippen LogP contribution < -0.4 is 15.4 Å². The lowest BCUT2D eigenvalue weighted by atomic mass is 9.93. The van der Waals surface area contributed by atoms with Crippen LogP contribution in [0.5, 0.6) is 5.75 Å². The number of benzene rings is 2. The van der Waals surface area contributed by atoms with E-state index in [9.17, 15) is 9.59 Å². The van der Waals surface area contributed by atoms with Gasteiger partial charge in [-0.05, 0) is 36.6 Å². The van der Waals surface area contributed by atoms with Gasteiger partial charge in [0.1, 0.15) is 11.4 Å². The first kappa shape index (κ1) is 18.7. The summed E-state index contributed by atoms with van der Waals surface area (Å²) in [5.74, 6) is 0.225. The zero-order valence-corrected chi connectivity index (χ0v) is 16.3. The summed E-state index contributed by atoms with van der Waals surface area (Å²) in [6.07, 6.45) is 0.541. The molecule has 2 aromatic carbocycles. The lowest BCUT2D eigenvalue weighted by molar-refractivity contribution is 0.0950. The number of aromatic amines is 1. The highest BCUT2D eigenvalue weighted by Gasteiger charge is 2.29. The van der Waals surface area contributed by atoms with Gasteiger partial charge in [0.05, 0.1) is 7.11 Å². The quantitative estimate of drug-likeness (QED) is 0.638. The molecular formula is C22H22N4O3. The van der Waals surface area contributed by atoms with E-state index in [-0.39, 0.29) is 29.3 Å². The van der Waals surface area contributed by atoms with Crippen LogP contribution in [-0.4, -0.2) is 35.4 Å². The number of hydrogen-bond donors (Lipinski definition) is 3. The van der Waals surface area contributed by atoms with Crippen LogP contribution in [-0.2, 0) is 6.42 Å². The summed E-state index contributed by atoms with van der Waals surface area (Å²) in [5, 5.41) is 5.75. The van der Waals surface area contributed by atoms with Crippen molar-refractivity contribution in [2.75, 3.05) is 19.0 Å². The highest BCUT2D eigenvalue weighted by molar-refractivity contribution is 6.03. The average Bonchev–Trinajstić information content (AvgIpc) is 3.10. The Labute approximate surface area is 168 Å². The summed E-state index contributed by atoms with van der Waals surface area (Å²) in [6.45, 7) is 2.38. The van der Waals surface area contributed by atoms with Crippen molar-refractivity contribution < 1.29 is 14.3 Å². The Morgan fingerprint density at radius 1 is 1.17 bits per heavy atom. The molecule has 148 valence electrons. The second-order valence-electron chi connectivity index (χ2n) is 7.03. The molecule has 0 aliphatic carbocycles. The molecule has 1 aliphatic heterocycles. The van der Waals surface area contributed by atoms with Crippen molar-refractivity contribution in [1.82, 2.24) is 15.3 Å². The molecule has 4 rings (SSSR count). The first-order valence-corrected chi connectivity index (χ1v) is 9.43. The molecule has 1 atom stereocenters. The van der Waals surface area contributed by atoms with Crippen molar-refractivity contribution >= 4 is 17.5 Å². The summed E-state index contributed by atoms with van der Waals surface area (Å²) in [5.41, 5.74) is 3.57. The first-order chi connectivity index (χ1) is 14.1. The number of carbonyl (C=O) groups excluding carboxylic acids is 2. The summed E-state index contributed by atoms with van der Waals surface area (Å²) >= 11 is 0. The molecule has 0 unspecified atom stereocenters. The van der Waals surface area contributed by atoms with Crippen LogP contribution in [0.25, 0.3) is 0 Å². The van der Waals surface area contributed by atoms with Crippen LogP contribution in [0.15, 0.2) is 48.5 Å². The van der Waals surface area contributed by atoms with E-state index in [0.717, 1.165) is 16.9 Å². The summed E-state index contributed by atoms with van der Waals surface area (Å²) in [6, 6.07) is 15.2. The van der Waals surface area contributed by atoms with Gasteiger partial charge >= 0.3 is 0 Å². The van der Waals surface area contributed by atoms with Gasteiger partial charge in [-0.2, -0.15) is 0 Å². The minimum Gasteiger partial charge on any atom is -0.496 e. The predicted molar refractivity (Wildman–Crippen MR) is 109 cm³/mol. The van der Waals surface area contributed by atoms with E-state index >= 15 is 0 Å². The minimum atomic E-state index is -0.381. The van der Waals surface area contributed by atoms with Crippen molar-refractivity contribution in [3.63, 3.8) is 0 Å². The second-order valence-corrected chi connectivity index (χ2v) is 7.03. The number of para-hydroxylation sites is 2. The SMILES string of the molecule is COc1ccccc1[C@H]1CNC(=O)c2nc(C(=O)Nc3ccccc3C)[nH]c2C1. The number of nitrogens with one attached hydrogen (secondary N) is 3. The molecule has 0 saturated heterocycles. The van der Waals surface area contributed by atoms with Gasteiger partial charge in [0, 0.05) is 23.8 Å². The highest BCUT2D eigenvalue weighted by atomic mass is 16.5. The molecule has 1 aromatic heterocycles. The van der Waals surface area contributed by atoms with Crippen molar-refractivity contribution in [2.24, 2.45) is 0 Å². The number of hydrogen-bond acceptors (Lipinski definition) is 4. The molecule has 7 nitrogen and oxygen atoms in total. The zero-order chi connectivity index (χ0) is 20.4. The highest BCUT2D eigenvalue weighted by Crippen LogP contribution is 2.30. The molecule has 29 heavy (non-hydrogen) atoms. The van der Waals surface area contributed by atoms with Crippen LogP contribution in [0.3, 0.4) is 0 Å². The number of ether oxygens (including phenoxy) is 1. The molecular weight excluding hydrogens is 368 g/mol. The molecule has 0 bridgehead atoms. The third kappa shape index (κ3) is 3.71. The topological polar surface area (TPSA) is 96.1 Å². The number of aromatic nitrogens is 2. The molecule has 0 spiro atoms. The Bertz CT molecular complexity index is 1070. The fourth-order valence-corrected chi connectivity index (χ4v) is 3.59. The third-order valence-electron chi connectivity index (χ3n) is 5.14. The standard InChI is InChI=1S/C22H22N4O3/c1-13-7-3-5-9-16(13)25-22(28)20-24-17-11-14(12-23-21(27)19(17)26-20)15-8-4-6-10-18(15)29-2/h3-10,14H,11-12H2,1-2H3,(H,23,27)(H,24,26)(H,25,28)/t14-/m1/s1. The maximum absolute atomic E-state index is 12.7. The maximum Gasteiger partial charge on any atom is 0.291 e. The van der Waals surface area contributed by atoms with Gasteiger partial charge in [-0.15, -0.1) is 0 Å². The van der Waals surface area contributed by atoms with E-state index in [1.807, 2.05) is 55.5 Å². The van der Waals surface area contributed by atoms with Gasteiger partial charge in [0.15, 0.2) is 5.82 Å².